The SMILES string of the molecule is Cc1cc(C)c2c(c1)-c1nccc3cc([Si](C)(c4ccccc4)c4ccccc4)cc(c13)O2. The van der Waals surface area contributed by atoms with Gasteiger partial charge in [-0.1, -0.05) is 79.3 Å². The van der Waals surface area contributed by atoms with Crippen molar-refractivity contribution in [2.24, 2.45) is 0 Å². The summed E-state index contributed by atoms with van der Waals surface area (Å²) in [4.78, 5) is 4.80. The predicted molar refractivity (Wildman–Crippen MR) is 140 cm³/mol. The van der Waals surface area contributed by atoms with E-state index in [2.05, 4.69) is 111 Å². The molecule has 5 aromatic rings. The fourth-order valence-electron chi connectivity index (χ4n) is 5.27. The lowest BCUT2D eigenvalue weighted by molar-refractivity contribution is 0.483. The number of pyridine rings is 1. The molecular formula is C30H25NOSi. The van der Waals surface area contributed by atoms with Crippen LogP contribution in [0.2, 0.25) is 6.55 Å². The number of ether oxygens (including phenoxy) is 1. The van der Waals surface area contributed by atoms with Crippen molar-refractivity contribution >= 4 is 34.4 Å². The Morgan fingerprint density at radius 3 is 2.06 bits per heavy atom. The van der Waals surface area contributed by atoms with Gasteiger partial charge in [-0.25, -0.2) is 0 Å². The van der Waals surface area contributed by atoms with Crippen LogP contribution >= 0.6 is 0 Å². The highest BCUT2D eigenvalue weighted by Gasteiger charge is 2.36. The molecule has 33 heavy (non-hydrogen) atoms. The van der Waals surface area contributed by atoms with Crippen LogP contribution in [0.1, 0.15) is 11.1 Å². The fraction of sp³-hybridized carbons (Fsp3) is 0.100. The number of rotatable bonds is 3. The van der Waals surface area contributed by atoms with Gasteiger partial charge in [0.05, 0.1) is 11.1 Å². The van der Waals surface area contributed by atoms with Gasteiger partial charge in [0, 0.05) is 11.8 Å². The van der Waals surface area contributed by atoms with Crippen molar-refractivity contribution in [3.63, 3.8) is 0 Å². The van der Waals surface area contributed by atoms with Crippen molar-refractivity contribution in [3.05, 3.63) is 108 Å². The van der Waals surface area contributed by atoms with E-state index in [4.69, 9.17) is 9.72 Å². The monoisotopic (exact) mass is 443 g/mol. The highest BCUT2D eigenvalue weighted by Crippen LogP contribution is 2.46. The van der Waals surface area contributed by atoms with E-state index in [0.717, 1.165) is 33.7 Å². The summed E-state index contributed by atoms with van der Waals surface area (Å²) in [6.45, 7) is 6.69. The summed E-state index contributed by atoms with van der Waals surface area (Å²) in [6.07, 6.45) is 1.93. The van der Waals surface area contributed by atoms with E-state index in [-0.39, 0.29) is 0 Å². The van der Waals surface area contributed by atoms with Crippen LogP contribution in [0, 0.1) is 13.8 Å². The molecule has 6 rings (SSSR count). The zero-order chi connectivity index (χ0) is 22.6. The third-order valence-corrected chi connectivity index (χ3v) is 11.4. The standard InChI is InChI=1S/C30H25NOSi/c1-20-16-21(2)30-26(17-20)29-28-22(14-15-31-29)18-25(19-27(28)32-30)33(3,23-10-6-4-7-11-23)24-12-8-5-9-13-24/h4-19H,1-3H3. The van der Waals surface area contributed by atoms with Crippen LogP contribution in [-0.4, -0.2) is 13.1 Å². The highest BCUT2D eigenvalue weighted by molar-refractivity contribution is 7.10. The Balaban J connectivity index is 1.65. The Labute approximate surface area is 195 Å². The maximum absolute atomic E-state index is 6.63. The van der Waals surface area contributed by atoms with Gasteiger partial charge in [-0.3, -0.25) is 4.98 Å². The van der Waals surface area contributed by atoms with Crippen molar-refractivity contribution in [3.8, 4) is 22.8 Å². The predicted octanol–water partition coefficient (Wildman–Crippen LogP) is 5.72. The van der Waals surface area contributed by atoms with E-state index < -0.39 is 8.07 Å². The molecule has 2 nitrogen and oxygen atoms in total. The van der Waals surface area contributed by atoms with E-state index in [9.17, 15) is 0 Å². The summed E-state index contributed by atoms with van der Waals surface area (Å²) < 4.78 is 6.63. The Bertz CT molecular complexity index is 1470. The second-order valence-corrected chi connectivity index (χ2v) is 13.1. The first-order valence-electron chi connectivity index (χ1n) is 11.4. The zero-order valence-electron chi connectivity index (χ0n) is 19.1. The van der Waals surface area contributed by atoms with Gasteiger partial charge in [0.15, 0.2) is 0 Å². The molecule has 0 bridgehead atoms. The Morgan fingerprint density at radius 2 is 1.39 bits per heavy atom. The van der Waals surface area contributed by atoms with Gasteiger partial charge in [0.1, 0.15) is 19.6 Å². The maximum Gasteiger partial charge on any atom is 0.145 e. The van der Waals surface area contributed by atoms with Crippen LogP contribution in [0.3, 0.4) is 0 Å². The molecule has 0 spiro atoms. The summed E-state index contributed by atoms with van der Waals surface area (Å²) in [5.74, 6) is 1.84. The minimum absolute atomic E-state index is 0.913. The van der Waals surface area contributed by atoms with Gasteiger partial charge in [0.25, 0.3) is 0 Å². The second-order valence-electron chi connectivity index (χ2n) is 9.15. The molecule has 0 aliphatic carbocycles. The van der Waals surface area contributed by atoms with E-state index in [1.807, 2.05) is 6.20 Å². The normalized spacial score (nSPS) is 12.3. The second kappa shape index (κ2) is 7.43. The maximum atomic E-state index is 6.63. The molecule has 0 unspecified atom stereocenters. The summed E-state index contributed by atoms with van der Waals surface area (Å²) in [5.41, 5.74) is 4.47. The molecular weight excluding hydrogens is 418 g/mol. The van der Waals surface area contributed by atoms with Crippen molar-refractivity contribution < 1.29 is 4.74 Å². The summed E-state index contributed by atoms with van der Waals surface area (Å²) in [7, 11) is -2.25. The number of benzene rings is 4. The first-order valence-corrected chi connectivity index (χ1v) is 13.9. The lowest BCUT2D eigenvalue weighted by Crippen LogP contribution is -2.64. The molecule has 2 heterocycles. The van der Waals surface area contributed by atoms with Gasteiger partial charge >= 0.3 is 0 Å². The molecule has 4 aromatic carbocycles. The zero-order valence-corrected chi connectivity index (χ0v) is 20.1. The number of fused-ring (bicyclic) bond motifs is 2. The molecule has 0 saturated carbocycles. The van der Waals surface area contributed by atoms with E-state index in [1.54, 1.807) is 0 Å². The Kier molecular flexibility index (Phi) is 4.49. The molecule has 1 aromatic heterocycles. The highest BCUT2D eigenvalue weighted by atomic mass is 28.3. The molecule has 0 saturated heterocycles. The van der Waals surface area contributed by atoms with Crippen LogP contribution in [0.25, 0.3) is 22.0 Å². The lowest BCUT2D eigenvalue weighted by Gasteiger charge is -2.31. The van der Waals surface area contributed by atoms with Crippen molar-refractivity contribution in [1.82, 2.24) is 4.98 Å². The van der Waals surface area contributed by atoms with Crippen molar-refractivity contribution in [1.29, 1.82) is 0 Å². The number of aromatic nitrogens is 1. The molecule has 160 valence electrons. The number of nitrogens with zero attached hydrogens (tertiary/aromatic N) is 1. The quantitative estimate of drug-likeness (QED) is 0.258. The van der Waals surface area contributed by atoms with E-state index >= 15 is 0 Å². The smallest absolute Gasteiger partial charge is 0.145 e. The molecule has 0 amide bonds. The Morgan fingerprint density at radius 1 is 0.727 bits per heavy atom. The van der Waals surface area contributed by atoms with Crippen molar-refractivity contribution in [2.75, 3.05) is 0 Å². The van der Waals surface area contributed by atoms with Gasteiger partial charge < -0.3 is 4.74 Å². The minimum atomic E-state index is -2.25. The van der Waals surface area contributed by atoms with E-state index in [1.165, 1.54) is 26.5 Å². The summed E-state index contributed by atoms with van der Waals surface area (Å²) in [6, 6.07) is 33.0. The van der Waals surface area contributed by atoms with Gasteiger partial charge in [0.2, 0.25) is 0 Å². The number of hydrogen-bond acceptors (Lipinski definition) is 2. The van der Waals surface area contributed by atoms with Crippen LogP contribution in [-0.2, 0) is 0 Å². The van der Waals surface area contributed by atoms with Crippen molar-refractivity contribution in [2.45, 2.75) is 20.4 Å². The molecule has 3 heteroatoms. The first-order chi connectivity index (χ1) is 16.1. The van der Waals surface area contributed by atoms with E-state index in [0.29, 0.717) is 0 Å². The van der Waals surface area contributed by atoms with Gasteiger partial charge in [-0.05, 0) is 64.1 Å². The average molecular weight is 444 g/mol. The minimum Gasteiger partial charge on any atom is -0.456 e. The van der Waals surface area contributed by atoms with Crippen LogP contribution in [0.4, 0.5) is 0 Å². The molecule has 0 fully saturated rings. The molecule has 0 radical (unpaired) electrons. The lowest BCUT2D eigenvalue weighted by atomic mass is 9.96. The summed E-state index contributed by atoms with van der Waals surface area (Å²) >= 11 is 0. The number of hydrogen-bond donors (Lipinski definition) is 0. The molecule has 1 aliphatic rings. The Hall–Kier alpha value is -3.69. The molecule has 0 atom stereocenters. The van der Waals surface area contributed by atoms with Gasteiger partial charge in [-0.15, -0.1) is 0 Å². The molecule has 0 N–H and O–H groups in total. The topological polar surface area (TPSA) is 22.1 Å². The summed E-state index contributed by atoms with van der Waals surface area (Å²) in [5, 5.41) is 6.41. The third kappa shape index (κ3) is 3.04. The van der Waals surface area contributed by atoms with Gasteiger partial charge in [-0.2, -0.15) is 0 Å². The number of aryl methyl sites for hydroxylation is 2. The fourth-order valence-corrected chi connectivity index (χ4v) is 8.85. The largest absolute Gasteiger partial charge is 0.456 e. The van der Waals surface area contributed by atoms with Crippen LogP contribution < -0.4 is 20.3 Å². The molecule has 1 aliphatic heterocycles. The first kappa shape index (κ1) is 20.0. The average Bonchev–Trinajstić information content (AvgIpc) is 2.85. The van der Waals surface area contributed by atoms with Crippen LogP contribution in [0.15, 0.2) is 97.2 Å². The van der Waals surface area contributed by atoms with Crippen LogP contribution in [0.5, 0.6) is 11.5 Å². The third-order valence-electron chi connectivity index (χ3n) is 6.99.